The Hall–Kier alpha value is -2.21. The van der Waals surface area contributed by atoms with E-state index in [-0.39, 0.29) is 5.91 Å². The number of carbonyl (C=O) groups is 1. The molecule has 0 bridgehead atoms. The van der Waals surface area contributed by atoms with Gasteiger partial charge in [-0.05, 0) is 43.8 Å². The van der Waals surface area contributed by atoms with E-state index in [1.165, 1.54) is 11.8 Å². The number of piperidine rings is 1. The van der Waals surface area contributed by atoms with E-state index in [1.54, 1.807) is 0 Å². The van der Waals surface area contributed by atoms with E-state index in [9.17, 15) is 4.79 Å². The maximum atomic E-state index is 11.8. The molecule has 0 spiro atoms. The Morgan fingerprint density at radius 3 is 2.74 bits per heavy atom. The van der Waals surface area contributed by atoms with Crippen LogP contribution in [-0.2, 0) is 6.42 Å². The first-order valence-electron chi connectivity index (χ1n) is 8.21. The lowest BCUT2D eigenvalue weighted by molar-refractivity contribution is 0.0931. The predicted octanol–water partition coefficient (Wildman–Crippen LogP) is 1.49. The molecule has 23 heavy (non-hydrogen) atoms. The Morgan fingerprint density at radius 2 is 2.04 bits per heavy atom. The number of nitrogens with one attached hydrogen (secondary N) is 2. The summed E-state index contributed by atoms with van der Waals surface area (Å²) in [5.74, 6) is 0.407. The first-order chi connectivity index (χ1) is 11.3. The smallest absolute Gasteiger partial charge is 0.273 e. The summed E-state index contributed by atoms with van der Waals surface area (Å²) in [4.78, 5) is 14.3. The number of carbonyl (C=O) groups excluding carboxylic acids is 1. The molecule has 1 aliphatic heterocycles. The van der Waals surface area contributed by atoms with Crippen LogP contribution in [0.5, 0.6) is 0 Å². The largest absolute Gasteiger partial charge is 0.350 e. The van der Waals surface area contributed by atoms with E-state index in [1.807, 2.05) is 0 Å². The molecule has 1 saturated heterocycles. The van der Waals surface area contributed by atoms with Crippen LogP contribution in [-0.4, -0.2) is 52.4 Å². The van der Waals surface area contributed by atoms with Crippen molar-refractivity contribution in [1.29, 1.82) is 0 Å². The van der Waals surface area contributed by atoms with Crippen LogP contribution in [0.2, 0.25) is 0 Å². The summed E-state index contributed by atoms with van der Waals surface area (Å²) in [5, 5.41) is 12.8. The van der Waals surface area contributed by atoms with Crippen molar-refractivity contribution in [1.82, 2.24) is 25.6 Å². The van der Waals surface area contributed by atoms with Crippen LogP contribution in [0.4, 0.5) is 0 Å². The molecule has 2 heterocycles. The maximum Gasteiger partial charge on any atom is 0.273 e. The zero-order valence-electron chi connectivity index (χ0n) is 13.2. The van der Waals surface area contributed by atoms with Crippen LogP contribution in [0.15, 0.2) is 36.5 Å². The van der Waals surface area contributed by atoms with E-state index >= 15 is 0 Å². The van der Waals surface area contributed by atoms with Crippen LogP contribution in [0.25, 0.3) is 0 Å². The van der Waals surface area contributed by atoms with E-state index < -0.39 is 0 Å². The first kappa shape index (κ1) is 15.7. The number of benzene rings is 1. The van der Waals surface area contributed by atoms with Crippen molar-refractivity contribution in [3.05, 3.63) is 47.8 Å². The van der Waals surface area contributed by atoms with Crippen LogP contribution < -0.4 is 5.32 Å². The van der Waals surface area contributed by atoms with Gasteiger partial charge in [0.2, 0.25) is 0 Å². The molecule has 0 atom stereocenters. The summed E-state index contributed by atoms with van der Waals surface area (Å²) in [5.41, 5.74) is 1.75. The topological polar surface area (TPSA) is 73.9 Å². The molecule has 0 saturated carbocycles. The predicted molar refractivity (Wildman–Crippen MR) is 88.0 cm³/mol. The average molecular weight is 313 g/mol. The number of aromatic amines is 1. The van der Waals surface area contributed by atoms with Gasteiger partial charge in [0.25, 0.3) is 5.91 Å². The lowest BCUT2D eigenvalue weighted by Crippen LogP contribution is -2.39. The quantitative estimate of drug-likeness (QED) is 0.847. The van der Waals surface area contributed by atoms with Gasteiger partial charge in [-0.2, -0.15) is 15.4 Å². The molecule has 1 aromatic heterocycles. The summed E-state index contributed by atoms with van der Waals surface area (Å²) in [6.45, 7) is 4.05. The number of hydrogen-bond acceptors (Lipinski definition) is 4. The average Bonchev–Trinajstić information content (AvgIpc) is 3.14. The van der Waals surface area contributed by atoms with Gasteiger partial charge in [-0.3, -0.25) is 4.79 Å². The fourth-order valence-electron chi connectivity index (χ4n) is 2.98. The Balaban J connectivity index is 1.34. The van der Waals surface area contributed by atoms with Crippen molar-refractivity contribution in [3.63, 3.8) is 0 Å². The molecule has 1 aromatic carbocycles. The van der Waals surface area contributed by atoms with Crippen molar-refractivity contribution >= 4 is 5.91 Å². The minimum atomic E-state index is -0.148. The number of amides is 1. The van der Waals surface area contributed by atoms with Crippen molar-refractivity contribution in [2.24, 2.45) is 5.92 Å². The number of aromatic nitrogens is 3. The zero-order valence-corrected chi connectivity index (χ0v) is 13.2. The molecule has 2 N–H and O–H groups in total. The number of likely N-dealkylation sites (tertiary alicyclic amines) is 1. The highest BCUT2D eigenvalue weighted by Crippen LogP contribution is 2.17. The minimum absolute atomic E-state index is 0.148. The molecule has 1 fully saturated rings. The monoisotopic (exact) mass is 313 g/mol. The summed E-state index contributed by atoms with van der Waals surface area (Å²) >= 11 is 0. The van der Waals surface area contributed by atoms with Crippen LogP contribution >= 0.6 is 0 Å². The number of hydrogen-bond donors (Lipinski definition) is 2. The van der Waals surface area contributed by atoms with Gasteiger partial charge in [-0.15, -0.1) is 0 Å². The maximum absolute atomic E-state index is 11.8. The van der Waals surface area contributed by atoms with E-state index in [0.717, 1.165) is 45.4 Å². The molecule has 122 valence electrons. The van der Waals surface area contributed by atoms with E-state index in [0.29, 0.717) is 11.6 Å². The fourth-order valence-corrected chi connectivity index (χ4v) is 2.98. The third-order valence-electron chi connectivity index (χ3n) is 4.47. The van der Waals surface area contributed by atoms with Gasteiger partial charge < -0.3 is 10.2 Å². The molecule has 6 nitrogen and oxygen atoms in total. The van der Waals surface area contributed by atoms with Crippen molar-refractivity contribution in [2.45, 2.75) is 19.3 Å². The van der Waals surface area contributed by atoms with Crippen LogP contribution in [0, 0.1) is 5.92 Å². The summed E-state index contributed by atoms with van der Waals surface area (Å²) in [6.07, 6.45) is 4.82. The Bertz CT molecular complexity index is 591. The highest BCUT2D eigenvalue weighted by molar-refractivity contribution is 5.91. The third-order valence-corrected chi connectivity index (χ3v) is 4.47. The second-order valence-electron chi connectivity index (χ2n) is 6.09. The Kier molecular flexibility index (Phi) is 5.37. The van der Waals surface area contributed by atoms with E-state index in [2.05, 4.69) is 56.0 Å². The van der Waals surface area contributed by atoms with Crippen LogP contribution in [0.1, 0.15) is 28.9 Å². The molecular weight excluding hydrogens is 290 g/mol. The fraction of sp³-hybridized carbons (Fsp3) is 0.471. The highest BCUT2D eigenvalue weighted by atomic mass is 16.1. The summed E-state index contributed by atoms with van der Waals surface area (Å²) in [6, 6.07) is 10.6. The van der Waals surface area contributed by atoms with E-state index in [4.69, 9.17) is 0 Å². The first-order valence-corrected chi connectivity index (χ1v) is 8.21. The lowest BCUT2D eigenvalue weighted by Gasteiger charge is -2.32. The molecule has 0 aliphatic carbocycles. The van der Waals surface area contributed by atoms with Gasteiger partial charge in [-0.1, -0.05) is 30.3 Å². The third kappa shape index (κ3) is 4.63. The molecule has 3 rings (SSSR count). The number of rotatable bonds is 6. The molecule has 6 heteroatoms. The molecular formula is C17H23N5O. The molecule has 1 amide bonds. The van der Waals surface area contributed by atoms with Gasteiger partial charge in [0.1, 0.15) is 0 Å². The minimum Gasteiger partial charge on any atom is -0.350 e. The van der Waals surface area contributed by atoms with Crippen molar-refractivity contribution < 1.29 is 4.79 Å². The Labute approximate surface area is 136 Å². The van der Waals surface area contributed by atoms with Gasteiger partial charge >= 0.3 is 0 Å². The van der Waals surface area contributed by atoms with Crippen molar-refractivity contribution in [3.8, 4) is 0 Å². The molecule has 2 aromatic rings. The van der Waals surface area contributed by atoms with Crippen LogP contribution in [0.3, 0.4) is 0 Å². The van der Waals surface area contributed by atoms with Gasteiger partial charge in [0.15, 0.2) is 5.69 Å². The highest BCUT2D eigenvalue weighted by Gasteiger charge is 2.20. The molecule has 0 radical (unpaired) electrons. The molecule has 0 unspecified atom stereocenters. The second kappa shape index (κ2) is 7.87. The lowest BCUT2D eigenvalue weighted by atomic mass is 9.96. The Morgan fingerprint density at radius 1 is 1.26 bits per heavy atom. The number of H-pyrrole nitrogens is 1. The van der Waals surface area contributed by atoms with Gasteiger partial charge in [0.05, 0.1) is 6.20 Å². The van der Waals surface area contributed by atoms with Gasteiger partial charge in [-0.25, -0.2) is 0 Å². The standard InChI is InChI=1S/C17H23N5O/c23-17(16-13-19-21-20-16)18-12-15-7-10-22(11-8-15)9-6-14-4-2-1-3-5-14/h1-5,13,15H,6-12H2,(H,18,23)(H,19,20,21). The normalized spacial score (nSPS) is 16.3. The summed E-state index contributed by atoms with van der Waals surface area (Å²) < 4.78 is 0. The van der Waals surface area contributed by atoms with Gasteiger partial charge in [0, 0.05) is 13.1 Å². The molecule has 1 aliphatic rings. The van der Waals surface area contributed by atoms with Crippen molar-refractivity contribution in [2.75, 3.05) is 26.2 Å². The summed E-state index contributed by atoms with van der Waals surface area (Å²) in [7, 11) is 0. The SMILES string of the molecule is O=C(NCC1CCN(CCc2ccccc2)CC1)c1cn[nH]n1. The zero-order chi connectivity index (χ0) is 15.9. The second-order valence-corrected chi connectivity index (χ2v) is 6.09. The number of nitrogens with zero attached hydrogens (tertiary/aromatic N) is 3.